The number of carbonyl (C=O) groups excluding carboxylic acids is 1. The highest BCUT2D eigenvalue weighted by atomic mass is 35.5. The summed E-state index contributed by atoms with van der Waals surface area (Å²) in [5.41, 5.74) is 0.225. The Hall–Kier alpha value is -1.20. The van der Waals surface area contributed by atoms with Crippen LogP contribution in [0.2, 0.25) is 0 Å². The molecule has 0 saturated carbocycles. The van der Waals surface area contributed by atoms with Crippen molar-refractivity contribution in [2.24, 2.45) is 0 Å². The van der Waals surface area contributed by atoms with Crippen molar-refractivity contribution < 1.29 is 13.6 Å². The van der Waals surface area contributed by atoms with Gasteiger partial charge in [-0.2, -0.15) is 0 Å². The van der Waals surface area contributed by atoms with Crippen LogP contribution in [0.25, 0.3) is 0 Å². The van der Waals surface area contributed by atoms with Crippen LogP contribution in [0.4, 0.5) is 8.78 Å². The van der Waals surface area contributed by atoms with Crippen molar-refractivity contribution in [2.75, 3.05) is 13.1 Å². The fourth-order valence-corrected chi connectivity index (χ4v) is 2.08. The summed E-state index contributed by atoms with van der Waals surface area (Å²) in [6, 6.07) is 3.43. The van der Waals surface area contributed by atoms with Gasteiger partial charge in [0.2, 0.25) is 5.91 Å². The van der Waals surface area contributed by atoms with Crippen LogP contribution in [0, 0.1) is 11.6 Å². The average molecular weight is 291 g/mol. The first-order valence-corrected chi connectivity index (χ1v) is 6.09. The summed E-state index contributed by atoms with van der Waals surface area (Å²) in [6.45, 7) is 1.77. The van der Waals surface area contributed by atoms with Crippen LogP contribution in [0.15, 0.2) is 18.2 Å². The van der Waals surface area contributed by atoms with Crippen molar-refractivity contribution in [3.05, 3.63) is 35.4 Å². The fourth-order valence-electron chi connectivity index (χ4n) is 2.08. The molecule has 1 saturated heterocycles. The first-order valence-electron chi connectivity index (χ1n) is 6.09. The van der Waals surface area contributed by atoms with Gasteiger partial charge in [0.25, 0.3) is 0 Å². The minimum Gasteiger partial charge on any atom is -0.353 e. The molecule has 6 heteroatoms. The highest BCUT2D eigenvalue weighted by Crippen LogP contribution is 2.10. The predicted molar refractivity (Wildman–Crippen MR) is 71.3 cm³/mol. The maximum absolute atomic E-state index is 13.4. The van der Waals surface area contributed by atoms with Gasteiger partial charge < -0.3 is 10.6 Å². The second-order valence-corrected chi connectivity index (χ2v) is 4.50. The number of hydrogen-bond donors (Lipinski definition) is 2. The third-order valence-corrected chi connectivity index (χ3v) is 3.07. The summed E-state index contributed by atoms with van der Waals surface area (Å²) < 4.78 is 26.1. The Balaban J connectivity index is 0.00000180. The summed E-state index contributed by atoms with van der Waals surface area (Å²) in [5, 5.41) is 6.07. The maximum atomic E-state index is 13.4. The zero-order valence-corrected chi connectivity index (χ0v) is 11.2. The second kappa shape index (κ2) is 7.40. The average Bonchev–Trinajstić information content (AvgIpc) is 2.34. The van der Waals surface area contributed by atoms with Crippen LogP contribution in [-0.4, -0.2) is 25.0 Å². The molecule has 3 nitrogen and oxygen atoms in total. The summed E-state index contributed by atoms with van der Waals surface area (Å²) in [6.07, 6.45) is 1.73. The molecule has 0 unspecified atom stereocenters. The number of benzene rings is 1. The highest BCUT2D eigenvalue weighted by molar-refractivity contribution is 5.85. The van der Waals surface area contributed by atoms with Gasteiger partial charge in [-0.3, -0.25) is 4.79 Å². The third kappa shape index (κ3) is 4.76. The number of amides is 1. The van der Waals surface area contributed by atoms with Gasteiger partial charge in [0, 0.05) is 12.1 Å². The smallest absolute Gasteiger partial charge is 0.224 e. The topological polar surface area (TPSA) is 41.1 Å². The maximum Gasteiger partial charge on any atom is 0.224 e. The first kappa shape index (κ1) is 15.9. The summed E-state index contributed by atoms with van der Waals surface area (Å²) >= 11 is 0. The number of hydrogen-bond acceptors (Lipinski definition) is 2. The molecule has 19 heavy (non-hydrogen) atoms. The quantitative estimate of drug-likeness (QED) is 0.891. The lowest BCUT2D eigenvalue weighted by Gasteiger charge is -2.23. The summed E-state index contributed by atoms with van der Waals surface area (Å²) in [4.78, 5) is 11.7. The Morgan fingerprint density at radius 3 is 2.63 bits per heavy atom. The van der Waals surface area contributed by atoms with E-state index >= 15 is 0 Å². The van der Waals surface area contributed by atoms with Crippen molar-refractivity contribution >= 4 is 18.3 Å². The molecule has 1 amide bonds. The first-order chi connectivity index (χ1) is 8.65. The van der Waals surface area contributed by atoms with Crippen molar-refractivity contribution in [3.63, 3.8) is 0 Å². The van der Waals surface area contributed by atoms with E-state index in [1.165, 1.54) is 6.07 Å². The van der Waals surface area contributed by atoms with E-state index in [0.717, 1.165) is 38.1 Å². The van der Waals surface area contributed by atoms with Crippen LogP contribution in [0.1, 0.15) is 18.4 Å². The Kier molecular flexibility index (Phi) is 6.18. The molecule has 0 bridgehead atoms. The van der Waals surface area contributed by atoms with Gasteiger partial charge in [0.15, 0.2) is 0 Å². The molecular formula is C13H17ClF2N2O. The molecule has 2 rings (SSSR count). The molecule has 0 spiro atoms. The van der Waals surface area contributed by atoms with Crippen LogP contribution in [0.3, 0.4) is 0 Å². The lowest BCUT2D eigenvalue weighted by atomic mass is 10.1. The van der Waals surface area contributed by atoms with E-state index < -0.39 is 11.6 Å². The lowest BCUT2D eigenvalue weighted by molar-refractivity contribution is -0.121. The molecule has 1 heterocycles. The highest BCUT2D eigenvalue weighted by Gasteiger charge is 2.16. The van der Waals surface area contributed by atoms with Gasteiger partial charge in [-0.1, -0.05) is 6.07 Å². The van der Waals surface area contributed by atoms with E-state index in [2.05, 4.69) is 10.6 Å². The lowest BCUT2D eigenvalue weighted by Crippen LogP contribution is -2.43. The predicted octanol–water partition coefficient (Wildman–Crippen LogP) is 1.80. The van der Waals surface area contributed by atoms with Crippen LogP contribution in [-0.2, 0) is 11.2 Å². The number of piperidine rings is 1. The molecule has 0 aliphatic carbocycles. The molecule has 106 valence electrons. The molecule has 1 aliphatic rings. The molecule has 2 N–H and O–H groups in total. The largest absolute Gasteiger partial charge is 0.353 e. The number of rotatable bonds is 3. The van der Waals surface area contributed by atoms with E-state index in [4.69, 9.17) is 0 Å². The Labute approximate surface area is 117 Å². The summed E-state index contributed by atoms with van der Waals surface area (Å²) in [7, 11) is 0. The Morgan fingerprint density at radius 2 is 2.00 bits per heavy atom. The van der Waals surface area contributed by atoms with Crippen LogP contribution in [0.5, 0.6) is 0 Å². The zero-order valence-electron chi connectivity index (χ0n) is 10.4. The van der Waals surface area contributed by atoms with Gasteiger partial charge in [-0.15, -0.1) is 12.4 Å². The van der Waals surface area contributed by atoms with Crippen molar-refractivity contribution in [2.45, 2.75) is 25.3 Å². The van der Waals surface area contributed by atoms with E-state index in [-0.39, 0.29) is 36.3 Å². The minimum atomic E-state index is -0.671. The molecule has 0 atom stereocenters. The standard InChI is InChI=1S/C13H16F2N2O.ClH/c14-10-2-1-9(12(15)8-10)7-13(18)17-11-3-5-16-6-4-11;/h1-2,8,11,16H,3-7H2,(H,17,18);1H. The second-order valence-electron chi connectivity index (χ2n) is 4.50. The molecule has 0 radical (unpaired) electrons. The Morgan fingerprint density at radius 1 is 1.32 bits per heavy atom. The number of carbonyl (C=O) groups is 1. The monoisotopic (exact) mass is 290 g/mol. The van der Waals surface area contributed by atoms with Crippen LogP contribution >= 0.6 is 12.4 Å². The number of nitrogens with one attached hydrogen (secondary N) is 2. The van der Waals surface area contributed by atoms with Crippen molar-refractivity contribution in [1.82, 2.24) is 10.6 Å². The van der Waals surface area contributed by atoms with Crippen molar-refractivity contribution in [1.29, 1.82) is 0 Å². The fraction of sp³-hybridized carbons (Fsp3) is 0.462. The van der Waals surface area contributed by atoms with Gasteiger partial charge in [0.1, 0.15) is 11.6 Å². The molecule has 1 aromatic carbocycles. The molecule has 0 aromatic heterocycles. The van der Waals surface area contributed by atoms with E-state index in [1.54, 1.807) is 0 Å². The van der Waals surface area contributed by atoms with Crippen LogP contribution < -0.4 is 10.6 Å². The Bertz CT molecular complexity index is 437. The summed E-state index contributed by atoms with van der Waals surface area (Å²) in [5.74, 6) is -1.52. The van der Waals surface area contributed by atoms with Gasteiger partial charge in [-0.25, -0.2) is 8.78 Å². The van der Waals surface area contributed by atoms with Gasteiger partial charge in [0.05, 0.1) is 6.42 Å². The normalized spacial score (nSPS) is 15.7. The van der Waals surface area contributed by atoms with Gasteiger partial charge >= 0.3 is 0 Å². The minimum absolute atomic E-state index is 0. The van der Waals surface area contributed by atoms with E-state index in [0.29, 0.717) is 0 Å². The SMILES string of the molecule is Cl.O=C(Cc1ccc(F)cc1F)NC1CCNCC1. The van der Waals surface area contributed by atoms with Gasteiger partial charge in [-0.05, 0) is 37.6 Å². The van der Waals surface area contributed by atoms with E-state index in [1.807, 2.05) is 0 Å². The molecule has 1 aromatic rings. The molecule has 1 fully saturated rings. The number of halogens is 3. The zero-order chi connectivity index (χ0) is 13.0. The third-order valence-electron chi connectivity index (χ3n) is 3.07. The van der Waals surface area contributed by atoms with E-state index in [9.17, 15) is 13.6 Å². The van der Waals surface area contributed by atoms with Crippen molar-refractivity contribution in [3.8, 4) is 0 Å². The molecule has 1 aliphatic heterocycles. The molecular weight excluding hydrogens is 274 g/mol.